The summed E-state index contributed by atoms with van der Waals surface area (Å²) in [6.45, 7) is 7.73. The Bertz CT molecular complexity index is 1640. The number of aryl methyl sites for hydroxylation is 2. The van der Waals surface area contributed by atoms with Gasteiger partial charge in [0, 0.05) is 47.0 Å². The molecule has 5 rings (SSSR count). The first kappa shape index (κ1) is 26.3. The third-order valence-electron chi connectivity index (χ3n) is 6.72. The summed E-state index contributed by atoms with van der Waals surface area (Å²) in [5.41, 5.74) is 7.24. The molecule has 3 aromatic carbocycles. The van der Waals surface area contributed by atoms with Gasteiger partial charge in [0.1, 0.15) is 11.6 Å². The van der Waals surface area contributed by atoms with E-state index in [-0.39, 0.29) is 17.4 Å². The van der Waals surface area contributed by atoms with Crippen LogP contribution in [0.1, 0.15) is 34.4 Å². The predicted molar refractivity (Wildman–Crippen MR) is 163 cm³/mol. The molecule has 0 aliphatic carbocycles. The Morgan fingerprint density at radius 2 is 2.00 bits per heavy atom. The molecule has 0 radical (unpaired) electrons. The Morgan fingerprint density at radius 1 is 1.18 bits per heavy atom. The lowest BCUT2D eigenvalue weighted by molar-refractivity contribution is 0.505. The molecule has 0 saturated heterocycles. The summed E-state index contributed by atoms with van der Waals surface area (Å²) in [6.07, 6.45) is 4.35. The molecule has 0 atom stereocenters. The molecule has 0 spiro atoms. The summed E-state index contributed by atoms with van der Waals surface area (Å²) < 4.78 is 17.5. The zero-order valence-electron chi connectivity index (χ0n) is 21.9. The fraction of sp³-hybridized carbons (Fsp3) is 0.161. The van der Waals surface area contributed by atoms with Crippen LogP contribution in [0, 0.1) is 25.1 Å². The maximum absolute atomic E-state index is 14.1. The van der Waals surface area contributed by atoms with E-state index < -0.39 is 0 Å². The molecule has 4 N–H and O–H groups in total. The first-order valence-electron chi connectivity index (χ1n) is 12.6. The van der Waals surface area contributed by atoms with Crippen molar-refractivity contribution in [3.05, 3.63) is 113 Å². The molecule has 1 aromatic heterocycles. The van der Waals surface area contributed by atoms with E-state index in [1.54, 1.807) is 30.3 Å². The van der Waals surface area contributed by atoms with E-state index >= 15 is 0 Å². The van der Waals surface area contributed by atoms with Gasteiger partial charge in [-0.3, -0.25) is 5.41 Å². The normalized spacial score (nSPS) is 14.6. The Balaban J connectivity index is 1.41. The second kappa shape index (κ2) is 11.2. The van der Waals surface area contributed by atoms with Crippen LogP contribution < -0.4 is 9.73 Å². The Kier molecular flexibility index (Phi) is 7.56. The van der Waals surface area contributed by atoms with Gasteiger partial charge in [0.2, 0.25) is 0 Å². The van der Waals surface area contributed by atoms with Crippen LogP contribution in [0.5, 0.6) is 0 Å². The second-order valence-electron chi connectivity index (χ2n) is 9.52. The van der Waals surface area contributed by atoms with Crippen LogP contribution in [0.3, 0.4) is 0 Å². The van der Waals surface area contributed by atoms with Gasteiger partial charge in [-0.05, 0) is 78.4 Å². The van der Waals surface area contributed by atoms with Crippen molar-refractivity contribution in [2.75, 3.05) is 15.5 Å². The summed E-state index contributed by atoms with van der Waals surface area (Å²) in [4.78, 5) is 3.30. The van der Waals surface area contributed by atoms with Crippen molar-refractivity contribution >= 4 is 52.0 Å². The Morgan fingerprint density at radius 3 is 2.77 bits per heavy atom. The number of hydrogen-bond acceptors (Lipinski definition) is 5. The van der Waals surface area contributed by atoms with Gasteiger partial charge >= 0.3 is 0 Å². The van der Waals surface area contributed by atoms with Crippen LogP contribution >= 0.6 is 11.9 Å². The number of halogens is 1. The molecule has 39 heavy (non-hydrogen) atoms. The zero-order valence-corrected chi connectivity index (χ0v) is 22.7. The monoisotopic (exact) mass is 539 g/mol. The maximum atomic E-state index is 14.1. The lowest BCUT2D eigenvalue weighted by Crippen LogP contribution is -2.31. The minimum absolute atomic E-state index is 0.0226. The van der Waals surface area contributed by atoms with Crippen molar-refractivity contribution in [3.8, 4) is 0 Å². The van der Waals surface area contributed by atoms with Crippen LogP contribution in [0.4, 0.5) is 15.8 Å². The number of rotatable bonds is 8. The van der Waals surface area contributed by atoms with Crippen molar-refractivity contribution in [2.45, 2.75) is 26.7 Å². The molecule has 0 bridgehead atoms. The smallest absolute Gasteiger partial charge is 0.154 e. The SMILES string of the molecule is C=CCSNc1cc2[nH]c(C(O)=C3CC=NN(c4ccc(Cc5ccccc5F)cc4C)C3=N)cc2cc1C. The number of aliphatic hydroxyl groups excluding tert-OH is 1. The molecule has 4 aromatic rings. The Labute approximate surface area is 231 Å². The van der Waals surface area contributed by atoms with Crippen LogP contribution in [-0.2, 0) is 6.42 Å². The minimum Gasteiger partial charge on any atom is -0.505 e. The highest BCUT2D eigenvalue weighted by Crippen LogP contribution is 2.32. The third-order valence-corrected chi connectivity index (χ3v) is 7.49. The highest BCUT2D eigenvalue weighted by Gasteiger charge is 2.25. The third kappa shape index (κ3) is 5.47. The molecule has 198 valence electrons. The van der Waals surface area contributed by atoms with Crippen LogP contribution in [0.2, 0.25) is 0 Å². The molecule has 1 aliphatic heterocycles. The summed E-state index contributed by atoms with van der Waals surface area (Å²) in [6, 6.07) is 18.6. The summed E-state index contributed by atoms with van der Waals surface area (Å²) in [5, 5.41) is 27.1. The number of fused-ring (bicyclic) bond motifs is 1. The lowest BCUT2D eigenvalue weighted by atomic mass is 10.0. The van der Waals surface area contributed by atoms with E-state index in [4.69, 9.17) is 5.41 Å². The van der Waals surface area contributed by atoms with Crippen molar-refractivity contribution < 1.29 is 9.50 Å². The van der Waals surface area contributed by atoms with Crippen molar-refractivity contribution in [2.24, 2.45) is 5.10 Å². The number of H-pyrrole nitrogens is 1. The molecular formula is C31H30FN5OS. The number of nitrogens with zero attached hydrogens (tertiary/aromatic N) is 2. The van der Waals surface area contributed by atoms with Crippen molar-refractivity contribution in [3.63, 3.8) is 0 Å². The fourth-order valence-corrected chi connectivity index (χ4v) is 5.26. The largest absolute Gasteiger partial charge is 0.505 e. The highest BCUT2D eigenvalue weighted by molar-refractivity contribution is 8.00. The topological polar surface area (TPSA) is 87.5 Å². The summed E-state index contributed by atoms with van der Waals surface area (Å²) in [5.74, 6) is 0.694. The fourth-order valence-electron chi connectivity index (χ4n) is 4.69. The second-order valence-corrected chi connectivity index (χ2v) is 10.3. The van der Waals surface area contributed by atoms with E-state index in [1.165, 1.54) is 11.1 Å². The van der Waals surface area contributed by atoms with Gasteiger partial charge in [-0.2, -0.15) is 5.10 Å². The number of aromatic nitrogens is 1. The van der Waals surface area contributed by atoms with E-state index in [0.29, 0.717) is 29.7 Å². The molecule has 8 heteroatoms. The lowest BCUT2D eigenvalue weighted by Gasteiger charge is -2.26. The first-order valence-corrected chi connectivity index (χ1v) is 13.6. The average molecular weight is 540 g/mol. The number of anilines is 2. The molecule has 6 nitrogen and oxygen atoms in total. The summed E-state index contributed by atoms with van der Waals surface area (Å²) >= 11 is 1.56. The number of amidine groups is 1. The zero-order chi connectivity index (χ0) is 27.5. The minimum atomic E-state index is -0.224. The van der Waals surface area contributed by atoms with Gasteiger partial charge in [0.15, 0.2) is 5.84 Å². The quantitative estimate of drug-likeness (QED) is 0.0793. The van der Waals surface area contributed by atoms with Gasteiger partial charge in [-0.1, -0.05) is 36.4 Å². The van der Waals surface area contributed by atoms with E-state index in [0.717, 1.165) is 44.7 Å². The number of nitrogens with one attached hydrogen (secondary N) is 3. The predicted octanol–water partition coefficient (Wildman–Crippen LogP) is 7.90. The van der Waals surface area contributed by atoms with Gasteiger partial charge in [-0.25, -0.2) is 9.40 Å². The Hall–Kier alpha value is -4.30. The number of aliphatic hydroxyl groups is 1. The van der Waals surface area contributed by atoms with Crippen molar-refractivity contribution in [1.82, 2.24) is 4.98 Å². The van der Waals surface area contributed by atoms with Gasteiger partial charge in [0.05, 0.1) is 11.4 Å². The molecule has 0 saturated carbocycles. The summed E-state index contributed by atoms with van der Waals surface area (Å²) in [7, 11) is 0. The maximum Gasteiger partial charge on any atom is 0.154 e. The molecule has 2 heterocycles. The van der Waals surface area contributed by atoms with E-state index in [9.17, 15) is 9.50 Å². The number of aromatic amines is 1. The number of hydrogen-bond donors (Lipinski definition) is 4. The van der Waals surface area contributed by atoms with E-state index in [1.807, 2.05) is 56.3 Å². The van der Waals surface area contributed by atoms with Gasteiger partial charge in [-0.15, -0.1) is 6.58 Å². The van der Waals surface area contributed by atoms with Gasteiger partial charge < -0.3 is 14.8 Å². The van der Waals surface area contributed by atoms with Crippen LogP contribution in [-0.4, -0.2) is 27.9 Å². The van der Waals surface area contributed by atoms with Crippen molar-refractivity contribution in [1.29, 1.82) is 5.41 Å². The van der Waals surface area contributed by atoms with E-state index in [2.05, 4.69) is 27.5 Å². The first-order chi connectivity index (χ1) is 18.9. The van der Waals surface area contributed by atoms with Gasteiger partial charge in [0.25, 0.3) is 0 Å². The molecule has 0 fully saturated rings. The molecule has 0 unspecified atom stereocenters. The highest BCUT2D eigenvalue weighted by atomic mass is 32.2. The number of hydrazone groups is 1. The van der Waals surface area contributed by atoms with Crippen LogP contribution in [0.25, 0.3) is 16.7 Å². The number of benzene rings is 3. The molecular weight excluding hydrogens is 509 g/mol. The van der Waals surface area contributed by atoms with Crippen LogP contribution in [0.15, 0.2) is 84.0 Å². The average Bonchev–Trinajstić information content (AvgIpc) is 3.33. The molecule has 1 aliphatic rings. The molecule has 0 amide bonds. The standard InChI is InChI=1S/C31H30FN5OS/c1-4-13-39-36-26-18-27-23(15-19(26)2)17-28(35-27)30(38)24-11-12-34-37(31(24)33)29-10-9-21(14-20(29)3)16-22-7-5-6-8-25(22)32/h4-10,12,14-15,17-18,33,35-36,38H,1,11,13,16H2,2-3H3.